The molecule has 0 atom stereocenters. The van der Waals surface area contributed by atoms with Crippen LogP contribution >= 0.6 is 0 Å². The summed E-state index contributed by atoms with van der Waals surface area (Å²) in [7, 11) is 3.52. The van der Waals surface area contributed by atoms with Gasteiger partial charge in [-0.25, -0.2) is 9.97 Å². The number of likely N-dealkylation sites (N-methyl/N-ethyl adjacent to an activating group) is 1. The van der Waals surface area contributed by atoms with Crippen LogP contribution in [0, 0.1) is 0 Å². The summed E-state index contributed by atoms with van der Waals surface area (Å²) < 4.78 is 9.79. The zero-order valence-electron chi connectivity index (χ0n) is 20.5. The van der Waals surface area contributed by atoms with Crippen LogP contribution in [0.4, 0.5) is 5.82 Å². The third-order valence-corrected chi connectivity index (χ3v) is 4.57. The zero-order chi connectivity index (χ0) is 23.7. The number of rotatable bonds is 5. The molecule has 0 bridgehead atoms. The molecule has 0 unspecified atom stereocenters. The van der Waals surface area contributed by atoms with Crippen LogP contribution < -0.4 is 15.0 Å². The van der Waals surface area contributed by atoms with Crippen LogP contribution in [0.3, 0.4) is 0 Å². The Labute approximate surface area is 191 Å². The molecule has 0 aromatic carbocycles. The Morgan fingerprint density at radius 3 is 2.50 bits per heavy atom. The second-order valence-corrected chi connectivity index (χ2v) is 8.50. The molecule has 1 saturated heterocycles. The Morgan fingerprint density at radius 2 is 1.91 bits per heavy atom. The molecule has 4 rings (SSSR count). The predicted molar refractivity (Wildman–Crippen MR) is 127 cm³/mol. The number of hydrogen-bond acceptors (Lipinski definition) is 7. The van der Waals surface area contributed by atoms with E-state index in [0.29, 0.717) is 17.3 Å². The third kappa shape index (κ3) is 7.75. The molecule has 0 radical (unpaired) electrons. The fourth-order valence-corrected chi connectivity index (χ4v) is 3.25. The molecule has 0 spiro atoms. The lowest BCUT2D eigenvalue weighted by molar-refractivity contribution is -0.121. The van der Waals surface area contributed by atoms with Gasteiger partial charge < -0.3 is 19.7 Å². The van der Waals surface area contributed by atoms with Crippen molar-refractivity contribution in [2.75, 3.05) is 38.8 Å². The second kappa shape index (κ2) is 11.8. The molecule has 2 aliphatic rings. The van der Waals surface area contributed by atoms with E-state index in [4.69, 9.17) is 14.7 Å². The highest BCUT2D eigenvalue weighted by atomic mass is 16.6. The lowest BCUT2D eigenvalue weighted by Crippen LogP contribution is -2.45. The van der Waals surface area contributed by atoms with Gasteiger partial charge in [0.15, 0.2) is 5.82 Å². The Morgan fingerprint density at radius 1 is 1.22 bits per heavy atom. The summed E-state index contributed by atoms with van der Waals surface area (Å²) in [6, 6.07) is 3.62. The maximum absolute atomic E-state index is 12.4. The SMILES string of the molecule is C1CO1.CC.COc1ccnc(-c2nc3c(c(N(C)CC(=O)NC(C)(C)C)n2)CCC3)c1. The van der Waals surface area contributed by atoms with Gasteiger partial charge in [-0.1, -0.05) is 13.8 Å². The van der Waals surface area contributed by atoms with Gasteiger partial charge in [0.2, 0.25) is 5.91 Å². The van der Waals surface area contributed by atoms with E-state index in [0.717, 1.165) is 49.6 Å². The van der Waals surface area contributed by atoms with Crippen LogP contribution in [0.1, 0.15) is 52.3 Å². The number of fused-ring (bicyclic) bond motifs is 1. The number of aryl methyl sites for hydroxylation is 1. The molecule has 1 aliphatic carbocycles. The fourth-order valence-electron chi connectivity index (χ4n) is 3.25. The standard InChI is InChI=1S/C20H27N5O2.C2H4O.C2H6/c1-20(2,3)24-17(26)12-25(4)19-14-7-6-8-15(14)22-18(23-19)16-11-13(27-5)9-10-21-16;1-2-3-1;1-2/h9-11H,6-8,12H2,1-5H3,(H,24,26);1-2H2;1-2H3. The van der Waals surface area contributed by atoms with Crippen molar-refractivity contribution in [3.8, 4) is 17.3 Å². The van der Waals surface area contributed by atoms with Gasteiger partial charge in [-0.05, 0) is 46.1 Å². The van der Waals surface area contributed by atoms with Gasteiger partial charge in [0, 0.05) is 36.1 Å². The molecule has 176 valence electrons. The highest BCUT2D eigenvalue weighted by Crippen LogP contribution is 2.31. The summed E-state index contributed by atoms with van der Waals surface area (Å²) in [6.45, 7) is 12.2. The maximum atomic E-state index is 12.4. The molecular weight excluding hydrogens is 406 g/mol. The van der Waals surface area contributed by atoms with Gasteiger partial charge >= 0.3 is 0 Å². The number of pyridine rings is 1. The number of epoxide rings is 1. The molecule has 1 amide bonds. The van der Waals surface area contributed by atoms with Gasteiger partial charge in [-0.3, -0.25) is 9.78 Å². The summed E-state index contributed by atoms with van der Waals surface area (Å²) in [5.41, 5.74) is 2.58. The van der Waals surface area contributed by atoms with Crippen LogP contribution in [-0.2, 0) is 22.4 Å². The zero-order valence-corrected chi connectivity index (χ0v) is 20.5. The largest absolute Gasteiger partial charge is 0.497 e. The van der Waals surface area contributed by atoms with Crippen molar-refractivity contribution in [1.82, 2.24) is 20.3 Å². The first-order chi connectivity index (χ1) is 15.3. The number of nitrogens with zero attached hydrogens (tertiary/aromatic N) is 4. The summed E-state index contributed by atoms with van der Waals surface area (Å²) in [6.07, 6.45) is 4.59. The van der Waals surface area contributed by atoms with Gasteiger partial charge in [-0.2, -0.15) is 0 Å². The summed E-state index contributed by atoms with van der Waals surface area (Å²) >= 11 is 0. The summed E-state index contributed by atoms with van der Waals surface area (Å²) in [4.78, 5) is 28.1. The number of aromatic nitrogens is 3. The van der Waals surface area contributed by atoms with E-state index in [9.17, 15) is 4.79 Å². The van der Waals surface area contributed by atoms with Crippen LogP contribution in [0.15, 0.2) is 18.3 Å². The molecule has 8 heteroatoms. The van der Waals surface area contributed by atoms with E-state index in [2.05, 4.69) is 15.0 Å². The average molecular weight is 444 g/mol. The molecule has 32 heavy (non-hydrogen) atoms. The minimum Gasteiger partial charge on any atom is -0.497 e. The van der Waals surface area contributed by atoms with Crippen LogP contribution in [0.25, 0.3) is 11.5 Å². The van der Waals surface area contributed by atoms with Gasteiger partial charge in [-0.15, -0.1) is 0 Å². The molecule has 8 nitrogen and oxygen atoms in total. The van der Waals surface area contributed by atoms with Crippen molar-refractivity contribution in [2.45, 2.75) is 59.4 Å². The number of amides is 1. The van der Waals surface area contributed by atoms with E-state index in [1.54, 1.807) is 19.4 Å². The first kappa shape index (κ1) is 25.5. The lowest BCUT2D eigenvalue weighted by atomic mass is 10.1. The predicted octanol–water partition coefficient (Wildman–Crippen LogP) is 3.43. The minimum atomic E-state index is -0.263. The highest BCUT2D eigenvalue weighted by Gasteiger charge is 2.24. The van der Waals surface area contributed by atoms with Gasteiger partial charge in [0.25, 0.3) is 0 Å². The Kier molecular flexibility index (Phi) is 9.38. The number of hydrogen-bond donors (Lipinski definition) is 1. The van der Waals surface area contributed by atoms with Crippen LogP contribution in [-0.4, -0.2) is 60.3 Å². The fraction of sp³-hybridized carbons (Fsp3) is 0.583. The number of carbonyl (C=O) groups is 1. The molecular formula is C24H37N5O3. The van der Waals surface area contributed by atoms with E-state index >= 15 is 0 Å². The number of carbonyl (C=O) groups excluding carboxylic acids is 1. The minimum absolute atomic E-state index is 0.0311. The van der Waals surface area contributed by atoms with E-state index < -0.39 is 0 Å². The normalized spacial score (nSPS) is 13.6. The van der Waals surface area contributed by atoms with Crippen molar-refractivity contribution in [2.24, 2.45) is 0 Å². The van der Waals surface area contributed by atoms with Crippen molar-refractivity contribution in [3.63, 3.8) is 0 Å². The first-order valence-corrected chi connectivity index (χ1v) is 11.3. The van der Waals surface area contributed by atoms with Crippen molar-refractivity contribution >= 4 is 11.7 Å². The molecule has 1 aliphatic heterocycles. The molecule has 2 aromatic rings. The van der Waals surface area contributed by atoms with Gasteiger partial charge in [0.05, 0.1) is 26.9 Å². The first-order valence-electron chi connectivity index (χ1n) is 11.3. The molecule has 1 N–H and O–H groups in total. The Hall–Kier alpha value is -2.74. The molecule has 3 heterocycles. The molecule has 2 aromatic heterocycles. The van der Waals surface area contributed by atoms with E-state index in [1.165, 1.54) is 0 Å². The van der Waals surface area contributed by atoms with Crippen LogP contribution in [0.2, 0.25) is 0 Å². The van der Waals surface area contributed by atoms with Crippen molar-refractivity contribution < 1.29 is 14.3 Å². The highest BCUT2D eigenvalue weighted by molar-refractivity contribution is 5.82. The second-order valence-electron chi connectivity index (χ2n) is 8.50. The molecule has 0 saturated carbocycles. The van der Waals surface area contributed by atoms with E-state index in [1.807, 2.05) is 52.6 Å². The third-order valence-electron chi connectivity index (χ3n) is 4.57. The summed E-state index contributed by atoms with van der Waals surface area (Å²) in [5.74, 6) is 2.05. The Bertz CT molecular complexity index is 891. The van der Waals surface area contributed by atoms with Crippen LogP contribution in [0.5, 0.6) is 5.75 Å². The van der Waals surface area contributed by atoms with E-state index in [-0.39, 0.29) is 18.0 Å². The smallest absolute Gasteiger partial charge is 0.239 e. The number of ether oxygens (including phenoxy) is 2. The Balaban J connectivity index is 0.000000653. The lowest BCUT2D eigenvalue weighted by Gasteiger charge is -2.25. The topological polar surface area (TPSA) is 92.8 Å². The monoisotopic (exact) mass is 443 g/mol. The maximum Gasteiger partial charge on any atom is 0.239 e. The van der Waals surface area contributed by atoms with Gasteiger partial charge in [0.1, 0.15) is 17.3 Å². The van der Waals surface area contributed by atoms with Crippen molar-refractivity contribution in [3.05, 3.63) is 29.6 Å². The summed E-state index contributed by atoms with van der Waals surface area (Å²) in [5, 5.41) is 3.00. The number of methoxy groups -OCH3 is 1. The number of anilines is 1. The number of nitrogens with one attached hydrogen (secondary N) is 1. The average Bonchev–Trinajstić information content (AvgIpc) is 3.57. The quantitative estimate of drug-likeness (QED) is 0.708. The van der Waals surface area contributed by atoms with Crippen molar-refractivity contribution in [1.29, 1.82) is 0 Å². The molecule has 1 fully saturated rings.